The zero-order chi connectivity index (χ0) is 55.7. The maximum Gasteiger partial charge on any atom is 0.336 e. The second-order valence-corrected chi connectivity index (χ2v) is 27.8. The summed E-state index contributed by atoms with van der Waals surface area (Å²) < 4.78 is 0. The van der Waals surface area contributed by atoms with E-state index in [1.165, 1.54) is 115 Å². The molecule has 12 saturated carbocycles. The highest BCUT2D eigenvalue weighted by Crippen LogP contribution is 2.69. The summed E-state index contributed by atoms with van der Waals surface area (Å²) in [5.74, 6) is 6.12. The average Bonchev–Trinajstić information content (AvgIpc) is 3.96. The molecule has 15 rings (SSSR count). The normalized spacial score (nSPS) is 38.1. The Kier molecular flexibility index (Phi) is 17.5. The lowest BCUT2D eigenvalue weighted by molar-refractivity contribution is -0.164. The highest BCUT2D eigenvalue weighted by Gasteiger charge is 2.61. The van der Waals surface area contributed by atoms with Gasteiger partial charge in [-0.3, -0.25) is 19.2 Å². The molecule has 12 fully saturated rings. The van der Waals surface area contributed by atoms with Gasteiger partial charge in [0.2, 0.25) is 0 Å². The number of fused-ring (bicyclic) bond motifs is 6. The Morgan fingerprint density at radius 2 is 1.13 bits per heavy atom. The number of carboxylic acids is 5. The van der Waals surface area contributed by atoms with Gasteiger partial charge in [-0.15, -0.1) is 0 Å². The minimum absolute atomic E-state index is 0.000278. The van der Waals surface area contributed by atoms with E-state index in [2.05, 4.69) is 20.8 Å². The topological polar surface area (TPSA) is 227 Å². The molecule has 12 aliphatic rings. The molecule has 0 radical (unpaired) electrons. The van der Waals surface area contributed by atoms with Crippen molar-refractivity contribution < 1.29 is 59.7 Å². The molecule has 12 heteroatoms. The van der Waals surface area contributed by atoms with Crippen molar-refractivity contribution in [2.45, 2.75) is 187 Å². The predicted octanol–water partition coefficient (Wildman–Crippen LogP) is 14.0. The summed E-state index contributed by atoms with van der Waals surface area (Å²) in [5.41, 5.74) is 1.87. The van der Waals surface area contributed by atoms with Crippen molar-refractivity contribution in [3.05, 3.63) is 77.9 Å². The van der Waals surface area contributed by atoms with E-state index in [9.17, 15) is 34.2 Å². The molecule has 9 atom stereocenters. The molecule has 0 heterocycles. The zero-order valence-electron chi connectivity index (χ0n) is 46.7. The van der Waals surface area contributed by atoms with Crippen LogP contribution in [0, 0.1) is 92.7 Å². The number of carbonyl (C=O) groups is 5. The first kappa shape index (κ1) is 57.7. The monoisotopic (exact) mass is 1070 g/mol. The van der Waals surface area contributed by atoms with Gasteiger partial charge in [0, 0.05) is 6.42 Å². The van der Waals surface area contributed by atoms with Crippen molar-refractivity contribution in [2.24, 2.45) is 92.7 Å². The number of aromatic hydroxyl groups is 1. The van der Waals surface area contributed by atoms with Gasteiger partial charge in [0.25, 0.3) is 0 Å². The van der Waals surface area contributed by atoms with E-state index in [0.29, 0.717) is 46.6 Å². The largest absolute Gasteiger partial charge is 0.508 e. The smallest absolute Gasteiger partial charge is 0.336 e. The van der Waals surface area contributed by atoms with Crippen LogP contribution >= 0.6 is 0 Å². The first-order valence-corrected chi connectivity index (χ1v) is 30.1. The standard InChI is InChI=1S/C24H40O3.C12H18O2.C11H16O2.C11H8O2.C8H8O3/c1-15(4-9-22(26)27)19-7-8-20-18-6-5-16-14-17(25)10-12-23(16,2)21(18)11-13-24(19,20)3;13-11(14)7-12-4-8-1-9(5-12)3-10(2-8)6-12;12-10(13)11-4-7-1-8(5-11)3-9(2-7)6-11;12-11(13)10-7-3-5-8-4-1-2-6-9(8)10;9-7-3-1-6(2-4-7)5-8(10)11/h15-21,25H,4-14H2,1-3H3,(H,26,27);8-10H,1-7H2,(H,13,14);7-9H,1-6H2,(H,12,13);1-7H,(H,12,13);1-4,9H,5H2,(H,10,11). The maximum atomic E-state index is 11.3. The fraction of sp³-hybridized carbons (Fsp3) is 0.682. The molecule has 3 aromatic rings. The Bertz CT molecular complexity index is 2550. The van der Waals surface area contributed by atoms with Crippen LogP contribution in [0.4, 0.5) is 0 Å². The molecule has 12 aliphatic carbocycles. The number of aliphatic hydroxyl groups excluding tert-OH is 1. The number of hydrogen-bond acceptors (Lipinski definition) is 7. The third-order valence-electron chi connectivity index (χ3n) is 22.7. The van der Waals surface area contributed by atoms with Gasteiger partial charge in [-0.1, -0.05) is 69.3 Å². The summed E-state index contributed by atoms with van der Waals surface area (Å²) in [4.78, 5) is 54.2. The van der Waals surface area contributed by atoms with Crippen molar-refractivity contribution >= 4 is 40.6 Å². The average molecular weight is 1080 g/mol. The van der Waals surface area contributed by atoms with Crippen LogP contribution in [-0.4, -0.2) is 71.7 Å². The minimum Gasteiger partial charge on any atom is -0.508 e. The third-order valence-corrected chi connectivity index (χ3v) is 22.7. The maximum absolute atomic E-state index is 11.3. The summed E-state index contributed by atoms with van der Waals surface area (Å²) in [7, 11) is 0. The molecule has 78 heavy (non-hydrogen) atoms. The molecule has 3 aromatic carbocycles. The summed E-state index contributed by atoms with van der Waals surface area (Å²) in [6.07, 6.45) is 27.7. The van der Waals surface area contributed by atoms with Gasteiger partial charge in [-0.05, 0) is 263 Å². The van der Waals surface area contributed by atoms with Crippen LogP contribution in [0.15, 0.2) is 66.7 Å². The first-order chi connectivity index (χ1) is 37.1. The molecule has 0 spiro atoms. The van der Waals surface area contributed by atoms with Crippen LogP contribution in [-0.2, 0) is 25.6 Å². The lowest BCUT2D eigenvalue weighted by Gasteiger charge is -2.61. The molecule has 0 aliphatic heterocycles. The second kappa shape index (κ2) is 23.6. The highest BCUT2D eigenvalue weighted by molar-refractivity contribution is 6.03. The van der Waals surface area contributed by atoms with Crippen molar-refractivity contribution in [3.63, 3.8) is 0 Å². The molecule has 7 N–H and O–H groups in total. The number of hydrogen-bond donors (Lipinski definition) is 7. The van der Waals surface area contributed by atoms with E-state index in [-0.39, 0.29) is 29.1 Å². The Balaban J connectivity index is 0.000000125. The van der Waals surface area contributed by atoms with Gasteiger partial charge < -0.3 is 35.7 Å². The van der Waals surface area contributed by atoms with Gasteiger partial charge in [-0.2, -0.15) is 0 Å². The molecule has 0 saturated heterocycles. The van der Waals surface area contributed by atoms with Crippen LogP contribution in [0.25, 0.3) is 10.8 Å². The SMILES string of the molecule is CC(CCC(=O)O)C1CCC2C3CCC4CC(O)CCC4(C)C3CCC12C.O=C(O)C12CC3CC(CC(C3)C1)C2.O=C(O)CC12CC3CC(CC(C3)C1)C2.O=C(O)Cc1ccc(O)cc1.O=C(O)c1cccc2ccccc12. The van der Waals surface area contributed by atoms with E-state index < -0.39 is 29.8 Å². The first-order valence-electron chi connectivity index (χ1n) is 30.1. The summed E-state index contributed by atoms with van der Waals surface area (Å²) in [5, 5.41) is 65.4. The lowest BCUT2D eigenvalue weighted by Crippen LogP contribution is -2.54. The number of phenolic OH excluding ortho intramolecular Hbond substituents is 1. The van der Waals surface area contributed by atoms with Gasteiger partial charge in [0.15, 0.2) is 0 Å². The van der Waals surface area contributed by atoms with E-state index in [1.54, 1.807) is 24.3 Å². The Labute approximate surface area is 462 Å². The van der Waals surface area contributed by atoms with Gasteiger partial charge >= 0.3 is 29.8 Å². The number of phenols is 1. The number of rotatable bonds is 10. The predicted molar refractivity (Wildman–Crippen MR) is 299 cm³/mol. The van der Waals surface area contributed by atoms with Crippen molar-refractivity contribution in [1.82, 2.24) is 0 Å². The zero-order valence-corrected chi connectivity index (χ0v) is 46.7. The second-order valence-electron chi connectivity index (χ2n) is 27.8. The third kappa shape index (κ3) is 12.6. The van der Waals surface area contributed by atoms with Gasteiger partial charge in [0.05, 0.1) is 29.9 Å². The van der Waals surface area contributed by atoms with Crippen molar-refractivity contribution in [1.29, 1.82) is 0 Å². The van der Waals surface area contributed by atoms with Crippen LogP contribution in [0.3, 0.4) is 0 Å². The van der Waals surface area contributed by atoms with Crippen LogP contribution in [0.5, 0.6) is 5.75 Å². The number of aromatic carboxylic acids is 1. The van der Waals surface area contributed by atoms with E-state index in [0.717, 1.165) is 108 Å². The van der Waals surface area contributed by atoms with Crippen LogP contribution in [0.2, 0.25) is 0 Å². The Hall–Kier alpha value is -4.97. The Morgan fingerprint density at radius 1 is 0.577 bits per heavy atom. The molecule has 8 bridgehead atoms. The fourth-order valence-corrected chi connectivity index (χ4v) is 20.2. The molecule has 426 valence electrons. The van der Waals surface area contributed by atoms with Crippen LogP contribution < -0.4 is 0 Å². The Morgan fingerprint density at radius 3 is 1.68 bits per heavy atom. The van der Waals surface area contributed by atoms with Gasteiger partial charge in [-0.25, -0.2) is 4.79 Å². The molecular weight excluding hydrogens is 985 g/mol. The molecular formula is C66H90O12. The van der Waals surface area contributed by atoms with Gasteiger partial charge in [0.1, 0.15) is 5.75 Å². The molecule has 0 aromatic heterocycles. The number of benzene rings is 3. The highest BCUT2D eigenvalue weighted by atomic mass is 16.4. The molecule has 9 unspecified atom stereocenters. The number of carboxylic acid groups (broad SMARTS) is 5. The van der Waals surface area contributed by atoms with Crippen molar-refractivity contribution in [2.75, 3.05) is 0 Å². The summed E-state index contributed by atoms with van der Waals surface area (Å²) in [6.45, 7) is 7.43. The minimum atomic E-state index is -0.878. The van der Waals surface area contributed by atoms with Crippen molar-refractivity contribution in [3.8, 4) is 5.75 Å². The van der Waals surface area contributed by atoms with Crippen LogP contribution in [0.1, 0.15) is 191 Å². The number of aliphatic hydroxyl groups is 1. The molecule has 12 nitrogen and oxygen atoms in total. The molecule has 0 amide bonds. The number of aliphatic carboxylic acids is 4. The summed E-state index contributed by atoms with van der Waals surface area (Å²) >= 11 is 0. The fourth-order valence-electron chi connectivity index (χ4n) is 20.2. The summed E-state index contributed by atoms with van der Waals surface area (Å²) in [6, 6.07) is 18.9. The van der Waals surface area contributed by atoms with E-state index >= 15 is 0 Å². The van der Waals surface area contributed by atoms with E-state index in [1.807, 2.05) is 30.3 Å². The quantitative estimate of drug-likeness (QED) is 0.101. The lowest BCUT2D eigenvalue weighted by atomic mass is 9.44. The van der Waals surface area contributed by atoms with E-state index in [4.69, 9.17) is 25.5 Å².